The topological polar surface area (TPSA) is 54.8 Å². The van der Waals surface area contributed by atoms with Crippen molar-refractivity contribution < 1.29 is 14.3 Å². The Hall–Kier alpha value is -2.90. The van der Waals surface area contributed by atoms with Crippen LogP contribution < -0.4 is 0 Å². The number of carbonyl (C=O) groups excluding carboxylic acids is 2. The van der Waals surface area contributed by atoms with E-state index < -0.39 is 0 Å². The SMILES string of the molecule is CCCCN(Cc1cccn1Cc1ccc(Br)cc1)C(=O)CN(CCCOC)C(=O)c1ccc(C)cc1. The van der Waals surface area contributed by atoms with Crippen LogP contribution in [0.1, 0.15) is 53.4 Å². The van der Waals surface area contributed by atoms with Gasteiger partial charge < -0.3 is 19.1 Å². The molecule has 1 heterocycles. The van der Waals surface area contributed by atoms with Crippen molar-refractivity contribution in [3.63, 3.8) is 0 Å². The monoisotopic (exact) mass is 567 g/mol. The third-order valence-corrected chi connectivity index (χ3v) is 6.89. The number of hydrogen-bond donors (Lipinski definition) is 0. The van der Waals surface area contributed by atoms with Crippen molar-refractivity contribution in [1.29, 1.82) is 0 Å². The van der Waals surface area contributed by atoms with Gasteiger partial charge >= 0.3 is 0 Å². The fraction of sp³-hybridized carbons (Fsp3) is 0.400. The standard InChI is InChI=1S/C30H38BrN3O3/c1-4-5-17-33(22-28-8-6-18-32(28)21-25-11-15-27(31)16-12-25)29(35)23-34(19-7-20-37-3)30(36)26-13-9-24(2)10-14-26/h6,8-16,18H,4-5,7,17,19-23H2,1-3H3. The van der Waals surface area contributed by atoms with Crippen molar-refractivity contribution in [1.82, 2.24) is 14.4 Å². The van der Waals surface area contributed by atoms with Crippen molar-refractivity contribution in [2.24, 2.45) is 0 Å². The first kappa shape index (κ1) is 28.7. The maximum atomic E-state index is 13.6. The molecule has 0 aliphatic carbocycles. The Labute approximate surface area is 229 Å². The molecule has 37 heavy (non-hydrogen) atoms. The molecule has 3 aromatic rings. The summed E-state index contributed by atoms with van der Waals surface area (Å²) in [6.07, 6.45) is 4.63. The van der Waals surface area contributed by atoms with Gasteiger partial charge in [0, 0.05) is 55.3 Å². The van der Waals surface area contributed by atoms with Crippen molar-refractivity contribution in [2.45, 2.75) is 46.2 Å². The summed E-state index contributed by atoms with van der Waals surface area (Å²) in [5, 5.41) is 0. The van der Waals surface area contributed by atoms with Gasteiger partial charge in [-0.3, -0.25) is 9.59 Å². The van der Waals surface area contributed by atoms with Crippen molar-refractivity contribution in [2.75, 3.05) is 33.4 Å². The molecule has 198 valence electrons. The molecule has 0 atom stereocenters. The number of methoxy groups -OCH3 is 1. The molecule has 0 N–H and O–H groups in total. The van der Waals surface area contributed by atoms with Crippen LogP contribution in [0.3, 0.4) is 0 Å². The predicted octanol–water partition coefficient (Wildman–Crippen LogP) is 5.91. The maximum absolute atomic E-state index is 13.6. The second-order valence-electron chi connectivity index (χ2n) is 9.36. The van der Waals surface area contributed by atoms with Crippen LogP contribution in [0.2, 0.25) is 0 Å². The average molecular weight is 569 g/mol. The second kappa shape index (κ2) is 14.7. The van der Waals surface area contributed by atoms with Gasteiger partial charge in [-0.1, -0.05) is 59.1 Å². The molecule has 0 unspecified atom stereocenters. The van der Waals surface area contributed by atoms with Gasteiger partial charge in [0.2, 0.25) is 5.91 Å². The van der Waals surface area contributed by atoms with E-state index in [1.54, 1.807) is 12.0 Å². The fourth-order valence-electron chi connectivity index (χ4n) is 4.16. The number of rotatable bonds is 14. The Bertz CT molecular complexity index is 1130. The zero-order valence-corrected chi connectivity index (χ0v) is 23.7. The molecule has 2 amide bonds. The minimum absolute atomic E-state index is 0.0391. The number of carbonyl (C=O) groups is 2. The van der Waals surface area contributed by atoms with E-state index in [9.17, 15) is 9.59 Å². The zero-order chi connectivity index (χ0) is 26.6. The Morgan fingerprint density at radius 3 is 2.32 bits per heavy atom. The van der Waals surface area contributed by atoms with E-state index in [0.717, 1.165) is 35.1 Å². The molecule has 0 saturated heterocycles. The molecule has 0 aliphatic heterocycles. The third kappa shape index (κ3) is 8.86. The van der Waals surface area contributed by atoms with Crippen LogP contribution in [-0.2, 0) is 22.6 Å². The van der Waals surface area contributed by atoms with Crippen molar-refractivity contribution in [3.8, 4) is 0 Å². The fourth-order valence-corrected chi connectivity index (χ4v) is 4.43. The second-order valence-corrected chi connectivity index (χ2v) is 10.3. The van der Waals surface area contributed by atoms with Crippen LogP contribution in [0.25, 0.3) is 0 Å². The van der Waals surface area contributed by atoms with Gasteiger partial charge in [0.1, 0.15) is 6.54 Å². The number of unbranched alkanes of at least 4 members (excludes halogenated alkanes) is 1. The van der Waals surface area contributed by atoms with Gasteiger partial charge in [-0.25, -0.2) is 0 Å². The molecular weight excluding hydrogens is 530 g/mol. The Balaban J connectivity index is 1.75. The third-order valence-electron chi connectivity index (χ3n) is 6.37. The van der Waals surface area contributed by atoms with Crippen LogP contribution in [0.5, 0.6) is 0 Å². The summed E-state index contributed by atoms with van der Waals surface area (Å²) in [5.41, 5.74) is 3.96. The van der Waals surface area contributed by atoms with Crippen LogP contribution >= 0.6 is 15.9 Å². The first-order chi connectivity index (χ1) is 17.9. The molecule has 3 rings (SSSR count). The number of benzene rings is 2. The number of nitrogens with zero attached hydrogens (tertiary/aromatic N) is 3. The molecule has 0 aliphatic rings. The molecule has 0 radical (unpaired) electrons. The summed E-state index contributed by atoms with van der Waals surface area (Å²) in [6.45, 7) is 7.07. The van der Waals surface area contributed by atoms with Crippen LogP contribution in [0.15, 0.2) is 71.3 Å². The number of amides is 2. The highest BCUT2D eigenvalue weighted by molar-refractivity contribution is 9.10. The van der Waals surface area contributed by atoms with E-state index >= 15 is 0 Å². The molecule has 2 aromatic carbocycles. The minimum Gasteiger partial charge on any atom is -0.385 e. The highest BCUT2D eigenvalue weighted by Gasteiger charge is 2.23. The van der Waals surface area contributed by atoms with Gasteiger partial charge in [0.25, 0.3) is 5.91 Å². The molecule has 1 aromatic heterocycles. The van der Waals surface area contributed by atoms with E-state index in [-0.39, 0.29) is 18.4 Å². The average Bonchev–Trinajstić information content (AvgIpc) is 3.33. The molecule has 0 spiro atoms. The lowest BCUT2D eigenvalue weighted by molar-refractivity contribution is -0.132. The lowest BCUT2D eigenvalue weighted by Crippen LogP contribution is -2.43. The number of aryl methyl sites for hydroxylation is 1. The Kier molecular flexibility index (Phi) is 11.4. The normalized spacial score (nSPS) is 10.9. The number of aromatic nitrogens is 1. The molecule has 0 saturated carbocycles. The van der Waals surface area contributed by atoms with Gasteiger partial charge in [0.15, 0.2) is 0 Å². The van der Waals surface area contributed by atoms with E-state index in [1.165, 1.54) is 5.56 Å². The van der Waals surface area contributed by atoms with Gasteiger partial charge in [0.05, 0.1) is 6.54 Å². The van der Waals surface area contributed by atoms with Crippen molar-refractivity contribution in [3.05, 3.63) is 93.7 Å². The lowest BCUT2D eigenvalue weighted by Gasteiger charge is -2.28. The number of halogens is 1. The minimum atomic E-state index is -0.126. The number of hydrogen-bond acceptors (Lipinski definition) is 3. The van der Waals surface area contributed by atoms with E-state index in [2.05, 4.69) is 51.8 Å². The van der Waals surface area contributed by atoms with Crippen LogP contribution in [0, 0.1) is 6.92 Å². The largest absolute Gasteiger partial charge is 0.385 e. The zero-order valence-electron chi connectivity index (χ0n) is 22.2. The molecule has 7 heteroatoms. The molecular formula is C30H38BrN3O3. The molecule has 6 nitrogen and oxygen atoms in total. The maximum Gasteiger partial charge on any atom is 0.254 e. The predicted molar refractivity (Wildman–Crippen MR) is 152 cm³/mol. The smallest absolute Gasteiger partial charge is 0.254 e. The molecule has 0 bridgehead atoms. The number of ether oxygens (including phenoxy) is 1. The molecule has 0 fully saturated rings. The highest BCUT2D eigenvalue weighted by Crippen LogP contribution is 2.16. The summed E-state index contributed by atoms with van der Waals surface area (Å²) in [4.78, 5) is 30.5. The van der Waals surface area contributed by atoms with Gasteiger partial charge in [-0.15, -0.1) is 0 Å². The van der Waals surface area contributed by atoms with Crippen LogP contribution in [-0.4, -0.2) is 59.5 Å². The lowest BCUT2D eigenvalue weighted by atomic mass is 10.1. The highest BCUT2D eigenvalue weighted by atomic mass is 79.9. The van der Waals surface area contributed by atoms with Gasteiger partial charge in [-0.2, -0.15) is 0 Å². The van der Waals surface area contributed by atoms with Crippen molar-refractivity contribution >= 4 is 27.7 Å². The Morgan fingerprint density at radius 1 is 0.946 bits per heavy atom. The summed E-state index contributed by atoms with van der Waals surface area (Å²) < 4.78 is 8.43. The Morgan fingerprint density at radius 2 is 1.65 bits per heavy atom. The van der Waals surface area contributed by atoms with E-state index in [4.69, 9.17) is 4.74 Å². The van der Waals surface area contributed by atoms with E-state index in [1.807, 2.05) is 54.3 Å². The van der Waals surface area contributed by atoms with Crippen LogP contribution in [0.4, 0.5) is 0 Å². The summed E-state index contributed by atoms with van der Waals surface area (Å²) in [5.74, 6) is -0.166. The first-order valence-electron chi connectivity index (χ1n) is 12.9. The summed E-state index contributed by atoms with van der Waals surface area (Å²) >= 11 is 3.49. The van der Waals surface area contributed by atoms with E-state index in [0.29, 0.717) is 38.2 Å². The van der Waals surface area contributed by atoms with Gasteiger partial charge in [-0.05, 0) is 61.7 Å². The first-order valence-corrected chi connectivity index (χ1v) is 13.7. The quantitative estimate of drug-likeness (QED) is 0.227. The summed E-state index contributed by atoms with van der Waals surface area (Å²) in [6, 6.07) is 19.9. The summed E-state index contributed by atoms with van der Waals surface area (Å²) in [7, 11) is 1.65.